The molecule has 0 bridgehead atoms. The van der Waals surface area contributed by atoms with Crippen LogP contribution in [0.15, 0.2) is 24.4 Å². The molecule has 0 aliphatic carbocycles. The highest BCUT2D eigenvalue weighted by Crippen LogP contribution is 2.31. The Bertz CT molecular complexity index is 878. The number of ether oxygens (including phenoxy) is 1. The minimum atomic E-state index is -4.94. The molecule has 0 radical (unpaired) electrons. The molecule has 27 heavy (non-hydrogen) atoms. The van der Waals surface area contributed by atoms with Crippen LogP contribution in [0, 0.1) is 0 Å². The lowest BCUT2D eigenvalue weighted by atomic mass is 10.2. The predicted octanol–water partition coefficient (Wildman–Crippen LogP) is 3.74. The quantitative estimate of drug-likeness (QED) is 0.563. The third kappa shape index (κ3) is 5.20. The Labute approximate surface area is 160 Å². The van der Waals surface area contributed by atoms with Crippen molar-refractivity contribution in [1.29, 1.82) is 0 Å². The lowest BCUT2D eigenvalue weighted by Crippen LogP contribution is -2.31. The Morgan fingerprint density at radius 3 is 2.52 bits per heavy atom. The van der Waals surface area contributed by atoms with Crippen LogP contribution < -0.4 is 10.9 Å². The van der Waals surface area contributed by atoms with Crippen LogP contribution in [0.3, 0.4) is 0 Å². The van der Waals surface area contributed by atoms with Crippen molar-refractivity contribution in [3.63, 3.8) is 0 Å². The van der Waals surface area contributed by atoms with Crippen LogP contribution in [0.2, 0.25) is 10.0 Å². The van der Waals surface area contributed by atoms with Gasteiger partial charge in [-0.2, -0.15) is 13.2 Å². The average molecular weight is 423 g/mol. The van der Waals surface area contributed by atoms with Gasteiger partial charge < -0.3 is 4.74 Å². The number of nitrogens with zero attached hydrogens (tertiary/aromatic N) is 2. The smallest absolute Gasteiger partial charge is 0.434 e. The Kier molecular flexibility index (Phi) is 6.45. The van der Waals surface area contributed by atoms with Crippen molar-refractivity contribution in [1.82, 2.24) is 15.4 Å². The molecule has 0 fully saturated rings. The summed E-state index contributed by atoms with van der Waals surface area (Å²) in [5.41, 5.74) is 1.91. The predicted molar refractivity (Wildman–Crippen MR) is 90.5 cm³/mol. The molecule has 2 N–H and O–H groups in total. The fourth-order valence-electron chi connectivity index (χ4n) is 1.87. The number of alkyl halides is 3. The highest BCUT2D eigenvalue weighted by Gasteiger charge is 2.38. The highest BCUT2D eigenvalue weighted by molar-refractivity contribution is 6.36. The van der Waals surface area contributed by atoms with Crippen molar-refractivity contribution in [3.8, 4) is 0 Å². The maximum atomic E-state index is 13.1. The van der Waals surface area contributed by atoms with Crippen molar-refractivity contribution in [3.05, 3.63) is 51.3 Å². The van der Waals surface area contributed by atoms with Crippen LogP contribution in [-0.4, -0.2) is 28.5 Å². The van der Waals surface area contributed by atoms with E-state index in [2.05, 4.69) is 25.6 Å². The zero-order chi connectivity index (χ0) is 20.2. The van der Waals surface area contributed by atoms with E-state index in [1.165, 1.54) is 25.1 Å². The second kappa shape index (κ2) is 8.40. The summed E-state index contributed by atoms with van der Waals surface area (Å²) >= 11 is 11.6. The number of carbonyl (C=O) groups is 2. The van der Waals surface area contributed by atoms with Crippen LogP contribution in [-0.2, 0) is 10.9 Å². The molecule has 0 aliphatic rings. The molecule has 1 aromatic heterocycles. The molecule has 1 amide bonds. The zero-order valence-electron chi connectivity index (χ0n) is 13.5. The van der Waals surface area contributed by atoms with Crippen molar-refractivity contribution in [2.24, 2.45) is 0 Å². The van der Waals surface area contributed by atoms with Gasteiger partial charge in [0.25, 0.3) is 5.91 Å². The van der Waals surface area contributed by atoms with Gasteiger partial charge in [-0.25, -0.2) is 14.8 Å². The Balaban J connectivity index is 2.21. The highest BCUT2D eigenvalue weighted by atomic mass is 35.5. The molecule has 144 valence electrons. The molecule has 1 aromatic carbocycles. The lowest BCUT2D eigenvalue weighted by Gasteiger charge is -2.13. The van der Waals surface area contributed by atoms with Crippen LogP contribution in [0.1, 0.15) is 33.3 Å². The topological polar surface area (TPSA) is 93.2 Å². The van der Waals surface area contributed by atoms with Crippen LogP contribution in [0.5, 0.6) is 0 Å². The van der Waals surface area contributed by atoms with Crippen LogP contribution >= 0.6 is 23.2 Å². The maximum Gasteiger partial charge on any atom is 0.434 e. The van der Waals surface area contributed by atoms with E-state index in [4.69, 9.17) is 23.2 Å². The zero-order valence-corrected chi connectivity index (χ0v) is 15.0. The summed E-state index contributed by atoms with van der Waals surface area (Å²) < 4.78 is 44.0. The Hall–Kier alpha value is -2.59. The monoisotopic (exact) mass is 422 g/mol. The van der Waals surface area contributed by atoms with Crippen molar-refractivity contribution in [2.45, 2.75) is 13.1 Å². The number of hydrogen-bond acceptors (Lipinski definition) is 6. The van der Waals surface area contributed by atoms with Crippen LogP contribution in [0.25, 0.3) is 0 Å². The number of halogens is 5. The first-order chi connectivity index (χ1) is 12.6. The van der Waals surface area contributed by atoms with Crippen molar-refractivity contribution < 1.29 is 27.5 Å². The van der Waals surface area contributed by atoms with E-state index < -0.39 is 35.3 Å². The van der Waals surface area contributed by atoms with E-state index in [9.17, 15) is 22.8 Å². The molecule has 0 atom stereocenters. The third-order valence-electron chi connectivity index (χ3n) is 3.02. The van der Waals surface area contributed by atoms with Gasteiger partial charge in [0.1, 0.15) is 5.56 Å². The maximum absolute atomic E-state index is 13.1. The molecular weight excluding hydrogens is 412 g/mol. The fraction of sp³-hybridized carbons (Fsp3) is 0.200. The third-order valence-corrected chi connectivity index (χ3v) is 3.56. The standard InChI is InChI=1S/C15H11Cl2F3N4O3/c1-2-27-13(26)9-6-21-14(22-11(9)15(18,19)20)24-23-12(25)8-4-3-7(16)5-10(8)17/h3-6H,2H2,1H3,(H,23,25)(H,21,22,24). The van der Waals surface area contributed by atoms with E-state index in [0.29, 0.717) is 11.2 Å². The first-order valence-corrected chi connectivity index (χ1v) is 8.01. The van der Waals surface area contributed by atoms with Gasteiger partial charge in [0.2, 0.25) is 5.95 Å². The van der Waals surface area contributed by atoms with Crippen molar-refractivity contribution >= 4 is 41.0 Å². The number of anilines is 1. The number of hydrazine groups is 1. The van der Waals surface area contributed by atoms with E-state index in [-0.39, 0.29) is 17.2 Å². The summed E-state index contributed by atoms with van der Waals surface area (Å²) in [6.45, 7) is 1.33. The van der Waals surface area contributed by atoms with E-state index in [0.717, 1.165) is 0 Å². The normalized spacial score (nSPS) is 11.0. The summed E-state index contributed by atoms with van der Waals surface area (Å²) in [5.74, 6) is -2.56. The van der Waals surface area contributed by atoms with Gasteiger partial charge >= 0.3 is 12.1 Å². The Morgan fingerprint density at radius 1 is 1.22 bits per heavy atom. The van der Waals surface area contributed by atoms with E-state index in [1.54, 1.807) is 0 Å². The summed E-state index contributed by atoms with van der Waals surface area (Å²) in [7, 11) is 0. The molecule has 0 saturated heterocycles. The van der Waals surface area contributed by atoms with Gasteiger partial charge in [-0.1, -0.05) is 23.2 Å². The number of esters is 1. The molecule has 1 heterocycles. The van der Waals surface area contributed by atoms with Gasteiger partial charge in [0.15, 0.2) is 5.69 Å². The van der Waals surface area contributed by atoms with Gasteiger partial charge in [0.05, 0.1) is 17.2 Å². The summed E-state index contributed by atoms with van der Waals surface area (Å²) in [6, 6.07) is 4.06. The van der Waals surface area contributed by atoms with Crippen molar-refractivity contribution in [2.75, 3.05) is 12.0 Å². The molecule has 0 saturated carbocycles. The fourth-order valence-corrected chi connectivity index (χ4v) is 2.36. The SMILES string of the molecule is CCOC(=O)c1cnc(NNC(=O)c2ccc(Cl)cc2Cl)nc1C(F)(F)F. The second-order valence-corrected chi connectivity index (χ2v) is 5.72. The number of nitrogens with one attached hydrogen (secondary N) is 2. The molecule has 0 aliphatic heterocycles. The molecule has 2 rings (SSSR count). The number of aromatic nitrogens is 2. The number of amides is 1. The van der Waals surface area contributed by atoms with Gasteiger partial charge in [-0.15, -0.1) is 0 Å². The molecule has 0 spiro atoms. The first-order valence-electron chi connectivity index (χ1n) is 7.26. The van der Waals surface area contributed by atoms with E-state index >= 15 is 0 Å². The van der Waals surface area contributed by atoms with Crippen LogP contribution in [0.4, 0.5) is 19.1 Å². The number of benzene rings is 1. The minimum absolute atomic E-state index is 0.0211. The summed E-state index contributed by atoms with van der Waals surface area (Å²) in [4.78, 5) is 30.5. The lowest BCUT2D eigenvalue weighted by molar-refractivity contribution is -0.141. The Morgan fingerprint density at radius 2 is 1.93 bits per heavy atom. The van der Waals surface area contributed by atoms with Gasteiger partial charge in [-0.05, 0) is 25.1 Å². The largest absolute Gasteiger partial charge is 0.462 e. The summed E-state index contributed by atoms with van der Waals surface area (Å²) in [5, 5.41) is 0.341. The summed E-state index contributed by atoms with van der Waals surface area (Å²) in [6.07, 6.45) is -4.29. The number of hydrogen-bond donors (Lipinski definition) is 2. The van der Waals surface area contributed by atoms with Gasteiger partial charge in [0, 0.05) is 11.2 Å². The first kappa shape index (κ1) is 20.7. The minimum Gasteiger partial charge on any atom is -0.462 e. The van der Waals surface area contributed by atoms with Gasteiger partial charge in [-0.3, -0.25) is 15.6 Å². The van der Waals surface area contributed by atoms with E-state index in [1.807, 2.05) is 0 Å². The number of carbonyl (C=O) groups excluding carboxylic acids is 2. The average Bonchev–Trinajstić information content (AvgIpc) is 2.59. The number of rotatable bonds is 5. The molecule has 2 aromatic rings. The molecule has 7 nitrogen and oxygen atoms in total. The molecule has 12 heteroatoms. The molecule has 0 unspecified atom stereocenters. The second-order valence-electron chi connectivity index (χ2n) is 4.88. The molecular formula is C15H11Cl2F3N4O3.